The van der Waals surface area contributed by atoms with Gasteiger partial charge < -0.3 is 14.4 Å². The van der Waals surface area contributed by atoms with Crippen LogP contribution in [0.25, 0.3) is 0 Å². The van der Waals surface area contributed by atoms with Gasteiger partial charge >= 0.3 is 0 Å². The molecule has 4 rings (SSSR count). The van der Waals surface area contributed by atoms with Gasteiger partial charge in [-0.3, -0.25) is 9.97 Å². The van der Waals surface area contributed by atoms with E-state index in [9.17, 15) is 0 Å². The molecule has 138 valence electrons. The van der Waals surface area contributed by atoms with Gasteiger partial charge in [0.05, 0.1) is 37.7 Å². The Hall–Kier alpha value is -2.76. The Morgan fingerprint density at radius 1 is 0.815 bits per heavy atom. The number of rotatable bonds is 6. The summed E-state index contributed by atoms with van der Waals surface area (Å²) in [7, 11) is 0. The lowest BCUT2D eigenvalue weighted by atomic mass is 10.1. The van der Waals surface area contributed by atoms with Gasteiger partial charge in [0.1, 0.15) is 0 Å². The summed E-state index contributed by atoms with van der Waals surface area (Å²) < 4.78 is 11.5. The highest BCUT2D eigenvalue weighted by Crippen LogP contribution is 2.32. The number of hydrogen-bond donors (Lipinski definition) is 0. The summed E-state index contributed by atoms with van der Waals surface area (Å²) in [6.07, 6.45) is 3.65. The highest BCUT2D eigenvalue weighted by molar-refractivity contribution is 5.49. The van der Waals surface area contributed by atoms with E-state index in [1.807, 2.05) is 55.7 Å². The summed E-state index contributed by atoms with van der Waals surface area (Å²) in [5.41, 5.74) is 4.18. The van der Waals surface area contributed by atoms with E-state index >= 15 is 0 Å². The Balaban J connectivity index is 1.59. The zero-order valence-corrected chi connectivity index (χ0v) is 15.4. The standard InChI is InChI=1S/C22H23N3O2/c1-22(26-14-15-27-22)18-8-10-21(11-9-18)25(16-19-6-2-4-12-23-19)17-20-7-3-5-13-24-20/h2-13H,14-17H2,1H3. The first-order chi connectivity index (χ1) is 13.2. The van der Waals surface area contributed by atoms with Crippen LogP contribution in [0.1, 0.15) is 23.9 Å². The zero-order valence-electron chi connectivity index (χ0n) is 15.4. The van der Waals surface area contributed by atoms with Crippen LogP contribution in [-0.4, -0.2) is 23.2 Å². The number of ether oxygens (including phenoxy) is 2. The molecule has 5 heteroatoms. The third-order valence-corrected chi connectivity index (χ3v) is 4.75. The van der Waals surface area contributed by atoms with Crippen LogP contribution < -0.4 is 4.90 Å². The topological polar surface area (TPSA) is 47.5 Å². The summed E-state index contributed by atoms with van der Waals surface area (Å²) in [6, 6.07) is 20.3. The molecule has 0 unspecified atom stereocenters. The average molecular weight is 361 g/mol. The Labute approximate surface area is 159 Å². The van der Waals surface area contributed by atoms with Crippen molar-refractivity contribution in [3.63, 3.8) is 0 Å². The first kappa shape index (κ1) is 17.6. The van der Waals surface area contributed by atoms with E-state index in [2.05, 4.69) is 39.1 Å². The fraction of sp³-hybridized carbons (Fsp3) is 0.273. The van der Waals surface area contributed by atoms with Crippen LogP contribution in [-0.2, 0) is 28.4 Å². The van der Waals surface area contributed by atoms with Crippen molar-refractivity contribution in [3.05, 3.63) is 90.0 Å². The van der Waals surface area contributed by atoms with Crippen LogP contribution in [0.2, 0.25) is 0 Å². The van der Waals surface area contributed by atoms with Crippen molar-refractivity contribution in [2.45, 2.75) is 25.8 Å². The van der Waals surface area contributed by atoms with Gasteiger partial charge in [-0.15, -0.1) is 0 Å². The molecule has 3 aromatic rings. The van der Waals surface area contributed by atoms with Crippen LogP contribution in [0.5, 0.6) is 0 Å². The van der Waals surface area contributed by atoms with Crippen LogP contribution in [0.4, 0.5) is 5.69 Å². The maximum Gasteiger partial charge on any atom is 0.192 e. The van der Waals surface area contributed by atoms with Crippen LogP contribution in [0.3, 0.4) is 0 Å². The molecule has 0 saturated carbocycles. The second kappa shape index (κ2) is 7.86. The van der Waals surface area contributed by atoms with Gasteiger partial charge in [0.25, 0.3) is 0 Å². The second-order valence-electron chi connectivity index (χ2n) is 6.69. The van der Waals surface area contributed by atoms with E-state index in [-0.39, 0.29) is 0 Å². The highest BCUT2D eigenvalue weighted by Gasteiger charge is 2.33. The lowest BCUT2D eigenvalue weighted by Gasteiger charge is -2.26. The molecule has 1 aromatic carbocycles. The highest BCUT2D eigenvalue weighted by atomic mass is 16.7. The Kier molecular flexibility index (Phi) is 5.14. The summed E-state index contributed by atoms with van der Waals surface area (Å²) in [4.78, 5) is 11.2. The largest absolute Gasteiger partial charge is 0.360 e. The van der Waals surface area contributed by atoms with Gasteiger partial charge in [-0.2, -0.15) is 0 Å². The van der Waals surface area contributed by atoms with Crippen LogP contribution >= 0.6 is 0 Å². The van der Waals surface area contributed by atoms with Gasteiger partial charge in [0.15, 0.2) is 5.79 Å². The molecule has 1 fully saturated rings. The lowest BCUT2D eigenvalue weighted by molar-refractivity contribution is -0.149. The molecule has 1 saturated heterocycles. The molecule has 1 aliphatic heterocycles. The number of hydrogen-bond acceptors (Lipinski definition) is 5. The van der Waals surface area contributed by atoms with Crippen molar-refractivity contribution >= 4 is 5.69 Å². The fourth-order valence-corrected chi connectivity index (χ4v) is 3.27. The third-order valence-electron chi connectivity index (χ3n) is 4.75. The molecule has 0 amide bonds. The Morgan fingerprint density at radius 2 is 1.37 bits per heavy atom. The average Bonchev–Trinajstić information content (AvgIpc) is 3.17. The summed E-state index contributed by atoms with van der Waals surface area (Å²) in [5.74, 6) is -0.647. The first-order valence-electron chi connectivity index (χ1n) is 9.16. The number of nitrogens with zero attached hydrogens (tertiary/aromatic N) is 3. The van der Waals surface area contributed by atoms with E-state index in [0.29, 0.717) is 26.3 Å². The normalized spacial score (nSPS) is 15.6. The Bertz CT molecular complexity index is 806. The third kappa shape index (κ3) is 4.15. The van der Waals surface area contributed by atoms with Gasteiger partial charge in [-0.25, -0.2) is 0 Å². The minimum absolute atomic E-state index is 0.629. The zero-order chi connectivity index (χ0) is 18.5. The molecule has 3 heterocycles. The van der Waals surface area contributed by atoms with E-state index in [4.69, 9.17) is 9.47 Å². The SMILES string of the molecule is CC1(c2ccc(N(Cc3ccccn3)Cc3ccccn3)cc2)OCCO1. The van der Waals surface area contributed by atoms with Crippen LogP contribution in [0.15, 0.2) is 73.1 Å². The molecular formula is C22H23N3O2. The number of aromatic nitrogens is 2. The Morgan fingerprint density at radius 3 is 1.85 bits per heavy atom. The van der Waals surface area contributed by atoms with Crippen molar-refractivity contribution in [3.8, 4) is 0 Å². The second-order valence-corrected chi connectivity index (χ2v) is 6.69. The molecule has 0 atom stereocenters. The van der Waals surface area contributed by atoms with Gasteiger partial charge in [-0.1, -0.05) is 24.3 Å². The molecule has 1 aliphatic rings. The molecule has 0 bridgehead atoms. The minimum Gasteiger partial charge on any atom is -0.360 e. The maximum atomic E-state index is 5.76. The quantitative estimate of drug-likeness (QED) is 0.666. The van der Waals surface area contributed by atoms with Crippen molar-refractivity contribution in [2.24, 2.45) is 0 Å². The fourth-order valence-electron chi connectivity index (χ4n) is 3.27. The monoisotopic (exact) mass is 361 g/mol. The minimum atomic E-state index is -0.647. The van der Waals surface area contributed by atoms with Gasteiger partial charge in [0, 0.05) is 23.6 Å². The number of anilines is 1. The molecule has 0 spiro atoms. The maximum absolute atomic E-state index is 5.76. The molecule has 0 N–H and O–H groups in total. The van der Waals surface area contributed by atoms with E-state index in [0.717, 1.165) is 22.6 Å². The molecule has 5 nitrogen and oxygen atoms in total. The first-order valence-corrected chi connectivity index (χ1v) is 9.16. The predicted octanol–water partition coefficient (Wildman–Crippen LogP) is 3.90. The van der Waals surface area contributed by atoms with Crippen molar-refractivity contribution in [2.75, 3.05) is 18.1 Å². The lowest BCUT2D eigenvalue weighted by Crippen LogP contribution is -2.24. The van der Waals surface area contributed by atoms with E-state index < -0.39 is 5.79 Å². The van der Waals surface area contributed by atoms with E-state index in [1.165, 1.54) is 0 Å². The van der Waals surface area contributed by atoms with Gasteiger partial charge in [0.2, 0.25) is 0 Å². The number of benzene rings is 1. The summed E-state index contributed by atoms with van der Waals surface area (Å²) in [6.45, 7) is 4.64. The molecule has 27 heavy (non-hydrogen) atoms. The number of pyridine rings is 2. The molecular weight excluding hydrogens is 338 g/mol. The van der Waals surface area contributed by atoms with Gasteiger partial charge in [-0.05, 0) is 43.3 Å². The molecule has 0 radical (unpaired) electrons. The summed E-state index contributed by atoms with van der Waals surface area (Å²) >= 11 is 0. The van der Waals surface area contributed by atoms with Crippen LogP contribution in [0, 0.1) is 0 Å². The van der Waals surface area contributed by atoms with E-state index in [1.54, 1.807) is 0 Å². The molecule has 2 aromatic heterocycles. The molecule has 0 aliphatic carbocycles. The predicted molar refractivity (Wildman–Crippen MR) is 104 cm³/mol. The van der Waals surface area contributed by atoms with Crippen molar-refractivity contribution in [1.82, 2.24) is 9.97 Å². The smallest absolute Gasteiger partial charge is 0.192 e. The van der Waals surface area contributed by atoms with Crippen molar-refractivity contribution in [1.29, 1.82) is 0 Å². The summed E-state index contributed by atoms with van der Waals surface area (Å²) in [5, 5.41) is 0. The van der Waals surface area contributed by atoms with Crippen molar-refractivity contribution < 1.29 is 9.47 Å².